The molecule has 0 saturated heterocycles. The van der Waals surface area contributed by atoms with Crippen LogP contribution >= 0.6 is 0 Å². The molecule has 0 amide bonds. The van der Waals surface area contributed by atoms with Gasteiger partial charge in [0.2, 0.25) is 0 Å². The molecule has 2 aromatic heterocycles. The molecule has 5 nitrogen and oxygen atoms in total. The van der Waals surface area contributed by atoms with Crippen LogP contribution in [0.25, 0.3) is 11.0 Å². The van der Waals surface area contributed by atoms with Gasteiger partial charge in [-0.15, -0.1) is 0 Å². The summed E-state index contributed by atoms with van der Waals surface area (Å²) in [6, 6.07) is 4.64. The number of aromatic nitrogens is 2. The molecule has 2 aromatic rings. The Balaban J connectivity index is 2.77. The molecule has 0 spiro atoms. The van der Waals surface area contributed by atoms with Crippen molar-refractivity contribution >= 4 is 16.7 Å². The Labute approximate surface area is 74.6 Å². The molecule has 2 heterocycles. The van der Waals surface area contributed by atoms with Crippen LogP contribution in [0.3, 0.4) is 0 Å². The van der Waals surface area contributed by atoms with Crippen LogP contribution in [0, 0.1) is 10.1 Å². The first-order chi connectivity index (χ1) is 6.68. The van der Waals surface area contributed by atoms with E-state index in [1.807, 2.05) is 0 Å². The molecule has 0 aliphatic carbocycles. The predicted octanol–water partition coefficient (Wildman–Crippen LogP) is 1.54. The zero-order valence-corrected chi connectivity index (χ0v) is 6.47. The lowest BCUT2D eigenvalue weighted by Gasteiger charge is -1.94. The summed E-state index contributed by atoms with van der Waals surface area (Å²) in [6.45, 7) is 0. The van der Waals surface area contributed by atoms with E-state index < -0.39 is 4.92 Å². The summed E-state index contributed by atoms with van der Waals surface area (Å²) in [6.07, 6.45) is 1.17. The van der Waals surface area contributed by atoms with Crippen molar-refractivity contribution in [2.75, 3.05) is 0 Å². The maximum Gasteiger partial charge on any atom is 0.288 e. The fraction of sp³-hybridized carbons (Fsp3) is 0. The molecular weight excluding hydrogens is 170 g/mol. The highest BCUT2D eigenvalue weighted by Crippen LogP contribution is 2.15. The Hall–Kier alpha value is -2.04. The van der Waals surface area contributed by atoms with Gasteiger partial charge in [-0.3, -0.25) is 10.1 Å². The number of hydrogen-bond acceptors (Lipinski definition) is 4. The highest BCUT2D eigenvalue weighted by Gasteiger charge is 2.06. The molecule has 0 aromatic carbocycles. The summed E-state index contributed by atoms with van der Waals surface area (Å²) in [5.41, 5.74) is 0.0496. The van der Waals surface area contributed by atoms with E-state index in [1.165, 1.54) is 12.3 Å². The fourth-order valence-corrected chi connectivity index (χ4v) is 0.999. The third kappa shape index (κ3) is 1.31. The van der Waals surface area contributed by atoms with Crippen molar-refractivity contribution in [2.24, 2.45) is 0 Å². The van der Waals surface area contributed by atoms with Gasteiger partial charge in [-0.25, -0.2) is 9.97 Å². The van der Waals surface area contributed by atoms with Gasteiger partial charge in [-0.1, -0.05) is 0 Å². The molecule has 0 fully saturated rings. The van der Waals surface area contributed by atoms with Gasteiger partial charge in [-0.05, 0) is 12.1 Å². The van der Waals surface area contributed by atoms with Gasteiger partial charge in [0.15, 0.2) is 5.65 Å². The molecule has 5 heteroatoms. The quantitative estimate of drug-likeness (QED) is 0.488. The van der Waals surface area contributed by atoms with Crippen molar-refractivity contribution < 1.29 is 6.29 Å². The standard InChI is InChI=1S/C8H5N3O2/c12-11(13)7-4-6-2-1-3-9-8(6)10-5-7/h1-5H/i5D. The van der Waals surface area contributed by atoms with Gasteiger partial charge in [0.05, 0.1) is 6.29 Å². The van der Waals surface area contributed by atoms with Gasteiger partial charge >= 0.3 is 0 Å². The van der Waals surface area contributed by atoms with E-state index in [0.29, 0.717) is 11.0 Å². The van der Waals surface area contributed by atoms with Crippen molar-refractivity contribution in [3.63, 3.8) is 0 Å². The second kappa shape index (κ2) is 2.78. The van der Waals surface area contributed by atoms with E-state index in [0.717, 1.165) is 0 Å². The SMILES string of the molecule is [2H]c1nc2ncccc2cc1[N+](=O)[O-]. The van der Waals surface area contributed by atoms with E-state index in [1.54, 1.807) is 12.1 Å². The van der Waals surface area contributed by atoms with Crippen molar-refractivity contribution in [1.82, 2.24) is 9.97 Å². The topological polar surface area (TPSA) is 68.9 Å². The first kappa shape index (κ1) is 6.47. The predicted molar refractivity (Wildman–Crippen MR) is 46.2 cm³/mol. The van der Waals surface area contributed by atoms with Crippen molar-refractivity contribution in [3.05, 3.63) is 40.7 Å². The number of nitro groups is 1. The molecule has 0 radical (unpaired) electrons. The van der Waals surface area contributed by atoms with Crippen molar-refractivity contribution in [2.45, 2.75) is 0 Å². The molecular formula is C8H5N3O2. The van der Waals surface area contributed by atoms with E-state index >= 15 is 0 Å². The van der Waals surface area contributed by atoms with E-state index in [4.69, 9.17) is 1.37 Å². The highest BCUT2D eigenvalue weighted by molar-refractivity contribution is 5.76. The zero-order valence-electron chi connectivity index (χ0n) is 7.47. The minimum absolute atomic E-state index is 0.300. The number of hydrogen-bond donors (Lipinski definition) is 0. The van der Waals surface area contributed by atoms with Crippen molar-refractivity contribution in [1.29, 1.82) is 0 Å². The average molecular weight is 176 g/mol. The normalized spacial score (nSPS) is 11.2. The number of rotatable bonds is 1. The third-order valence-electron chi connectivity index (χ3n) is 1.58. The molecule has 0 aliphatic heterocycles. The van der Waals surface area contributed by atoms with Crippen LogP contribution in [0.4, 0.5) is 5.69 Å². The lowest BCUT2D eigenvalue weighted by molar-refractivity contribution is -0.385. The molecule has 13 heavy (non-hydrogen) atoms. The van der Waals surface area contributed by atoms with Gasteiger partial charge in [0.1, 0.15) is 6.17 Å². The summed E-state index contributed by atoms with van der Waals surface area (Å²) < 4.78 is 7.29. The fourth-order valence-electron chi connectivity index (χ4n) is 0.999. The van der Waals surface area contributed by atoms with Crippen LogP contribution < -0.4 is 0 Å². The van der Waals surface area contributed by atoms with Gasteiger partial charge < -0.3 is 0 Å². The van der Waals surface area contributed by atoms with Crippen LogP contribution in [0.15, 0.2) is 30.6 Å². The molecule has 0 saturated carbocycles. The van der Waals surface area contributed by atoms with Crippen molar-refractivity contribution in [3.8, 4) is 0 Å². The molecule has 0 unspecified atom stereocenters. The van der Waals surface area contributed by atoms with Gasteiger partial charge in [0.25, 0.3) is 5.69 Å². The van der Waals surface area contributed by atoms with E-state index in [2.05, 4.69) is 9.97 Å². The minimum Gasteiger partial charge on any atom is -0.258 e. The van der Waals surface area contributed by atoms with Crippen LogP contribution in [-0.2, 0) is 0 Å². The van der Waals surface area contributed by atoms with Crippen LogP contribution in [0.5, 0.6) is 0 Å². The highest BCUT2D eigenvalue weighted by atomic mass is 16.6. The lowest BCUT2D eigenvalue weighted by Crippen LogP contribution is -1.90. The summed E-state index contributed by atoms with van der Waals surface area (Å²) in [5, 5.41) is 11.1. The molecule has 2 rings (SSSR count). The number of nitrogens with zero attached hydrogens (tertiary/aromatic N) is 3. The Bertz CT molecular complexity index is 515. The third-order valence-corrected chi connectivity index (χ3v) is 1.58. The van der Waals surface area contributed by atoms with Crippen LogP contribution in [-0.4, -0.2) is 14.9 Å². The summed E-state index contributed by atoms with van der Waals surface area (Å²) in [5.74, 6) is 0. The Morgan fingerprint density at radius 3 is 3.15 bits per heavy atom. The molecule has 0 N–H and O–H groups in total. The second-order valence-electron chi connectivity index (χ2n) is 2.43. The maximum atomic E-state index is 10.5. The van der Waals surface area contributed by atoms with E-state index in [-0.39, 0.29) is 11.9 Å². The molecule has 0 bridgehead atoms. The molecule has 64 valence electrons. The minimum atomic E-state index is -0.623. The zero-order chi connectivity index (χ0) is 10.1. The second-order valence-corrected chi connectivity index (χ2v) is 2.43. The largest absolute Gasteiger partial charge is 0.288 e. The summed E-state index contributed by atoms with van der Waals surface area (Å²) in [4.78, 5) is 17.5. The summed E-state index contributed by atoms with van der Waals surface area (Å²) >= 11 is 0. The Morgan fingerprint density at radius 1 is 1.54 bits per heavy atom. The van der Waals surface area contributed by atoms with Crippen LogP contribution in [0.2, 0.25) is 0 Å². The number of fused-ring (bicyclic) bond motifs is 1. The number of pyridine rings is 2. The first-order valence-electron chi connectivity index (χ1n) is 4.05. The van der Waals surface area contributed by atoms with E-state index in [9.17, 15) is 10.1 Å². The maximum absolute atomic E-state index is 10.5. The molecule has 0 atom stereocenters. The average Bonchev–Trinajstić information content (AvgIpc) is 2.16. The smallest absolute Gasteiger partial charge is 0.258 e. The lowest BCUT2D eigenvalue weighted by atomic mass is 10.3. The Morgan fingerprint density at radius 2 is 2.38 bits per heavy atom. The van der Waals surface area contributed by atoms with Gasteiger partial charge in [-0.2, -0.15) is 0 Å². The monoisotopic (exact) mass is 176 g/mol. The van der Waals surface area contributed by atoms with Gasteiger partial charge in [0, 0.05) is 17.6 Å². The Kier molecular flexibility index (Phi) is 1.38. The summed E-state index contributed by atoms with van der Waals surface area (Å²) in [7, 11) is 0. The molecule has 0 aliphatic rings. The van der Waals surface area contributed by atoms with Crippen LogP contribution in [0.1, 0.15) is 1.37 Å². The first-order valence-corrected chi connectivity index (χ1v) is 3.55.